The van der Waals surface area contributed by atoms with Crippen LogP contribution in [0.4, 0.5) is 0 Å². The van der Waals surface area contributed by atoms with E-state index in [1.165, 1.54) is 44.1 Å². The van der Waals surface area contributed by atoms with Gasteiger partial charge in [-0.2, -0.15) is 0 Å². The molecule has 1 saturated carbocycles. The summed E-state index contributed by atoms with van der Waals surface area (Å²) in [6.07, 6.45) is 8.08. The zero-order valence-corrected chi connectivity index (χ0v) is 11.7. The monoisotopic (exact) mass is 243 g/mol. The van der Waals surface area contributed by atoms with Crippen molar-refractivity contribution in [3.8, 4) is 0 Å². The molecule has 0 bridgehead atoms. The zero-order chi connectivity index (χ0) is 12.5. The van der Waals surface area contributed by atoms with Gasteiger partial charge in [-0.3, -0.25) is 0 Å². The summed E-state index contributed by atoms with van der Waals surface area (Å²) in [5, 5.41) is 3.84. The van der Waals surface area contributed by atoms with E-state index in [9.17, 15) is 0 Å². The molecule has 0 aromatic heterocycles. The van der Waals surface area contributed by atoms with Gasteiger partial charge in [0.25, 0.3) is 0 Å². The lowest BCUT2D eigenvalue weighted by Crippen LogP contribution is -2.33. The average molecular weight is 243 g/mol. The van der Waals surface area contributed by atoms with Crippen molar-refractivity contribution < 1.29 is 0 Å². The largest absolute Gasteiger partial charge is 0.307 e. The SMILES string of the molecule is CC(NC1CCCC1C)c1ccc2c(c1)CCC2. The molecule has 1 heteroatoms. The van der Waals surface area contributed by atoms with Gasteiger partial charge >= 0.3 is 0 Å². The number of hydrogen-bond donors (Lipinski definition) is 1. The van der Waals surface area contributed by atoms with E-state index in [0.29, 0.717) is 6.04 Å². The Hall–Kier alpha value is -0.820. The average Bonchev–Trinajstić information content (AvgIpc) is 2.98. The summed E-state index contributed by atoms with van der Waals surface area (Å²) in [6.45, 7) is 4.71. The Morgan fingerprint density at radius 3 is 2.72 bits per heavy atom. The maximum atomic E-state index is 3.84. The van der Waals surface area contributed by atoms with Gasteiger partial charge in [0, 0.05) is 12.1 Å². The number of nitrogens with one attached hydrogen (secondary N) is 1. The van der Waals surface area contributed by atoms with Crippen LogP contribution >= 0.6 is 0 Å². The van der Waals surface area contributed by atoms with Crippen LogP contribution in [0.25, 0.3) is 0 Å². The molecule has 18 heavy (non-hydrogen) atoms. The summed E-state index contributed by atoms with van der Waals surface area (Å²) >= 11 is 0. The molecular formula is C17H25N. The van der Waals surface area contributed by atoms with E-state index in [4.69, 9.17) is 0 Å². The molecule has 3 rings (SSSR count). The molecule has 0 radical (unpaired) electrons. The van der Waals surface area contributed by atoms with E-state index in [2.05, 4.69) is 37.4 Å². The molecule has 0 spiro atoms. The highest BCUT2D eigenvalue weighted by molar-refractivity contribution is 5.36. The van der Waals surface area contributed by atoms with Gasteiger partial charge in [-0.05, 0) is 61.6 Å². The van der Waals surface area contributed by atoms with Crippen LogP contribution in [-0.2, 0) is 12.8 Å². The minimum Gasteiger partial charge on any atom is -0.307 e. The third-order valence-corrected chi connectivity index (χ3v) is 4.95. The van der Waals surface area contributed by atoms with Crippen LogP contribution in [0, 0.1) is 5.92 Å². The lowest BCUT2D eigenvalue weighted by molar-refractivity contribution is 0.388. The molecule has 1 nitrogen and oxygen atoms in total. The van der Waals surface area contributed by atoms with Crippen molar-refractivity contribution in [2.45, 2.75) is 64.5 Å². The molecule has 3 unspecified atom stereocenters. The van der Waals surface area contributed by atoms with Crippen LogP contribution in [0.15, 0.2) is 18.2 Å². The quantitative estimate of drug-likeness (QED) is 0.845. The highest BCUT2D eigenvalue weighted by Gasteiger charge is 2.25. The van der Waals surface area contributed by atoms with Crippen molar-refractivity contribution in [2.75, 3.05) is 0 Å². The second kappa shape index (κ2) is 5.05. The Labute approximate surface area is 111 Å². The Balaban J connectivity index is 1.70. The van der Waals surface area contributed by atoms with E-state index < -0.39 is 0 Å². The molecule has 2 aliphatic rings. The summed E-state index contributed by atoms with van der Waals surface area (Å²) in [7, 11) is 0. The summed E-state index contributed by atoms with van der Waals surface area (Å²) < 4.78 is 0. The molecule has 1 aromatic carbocycles. The predicted octanol–water partition coefficient (Wildman–Crippen LogP) is 4.01. The Bertz CT molecular complexity index is 424. The van der Waals surface area contributed by atoms with Crippen LogP contribution in [0.3, 0.4) is 0 Å². The fourth-order valence-corrected chi connectivity index (χ4v) is 3.67. The van der Waals surface area contributed by atoms with Crippen LogP contribution in [0.5, 0.6) is 0 Å². The molecule has 98 valence electrons. The summed E-state index contributed by atoms with van der Waals surface area (Å²) in [6, 6.07) is 8.37. The first kappa shape index (κ1) is 12.2. The third-order valence-electron chi connectivity index (χ3n) is 4.95. The maximum absolute atomic E-state index is 3.84. The van der Waals surface area contributed by atoms with E-state index in [0.717, 1.165) is 12.0 Å². The Kier molecular flexibility index (Phi) is 3.43. The van der Waals surface area contributed by atoms with Gasteiger partial charge < -0.3 is 5.32 Å². The second-order valence-electron chi connectivity index (χ2n) is 6.28. The first-order valence-electron chi connectivity index (χ1n) is 7.62. The van der Waals surface area contributed by atoms with Crippen molar-refractivity contribution in [3.05, 3.63) is 34.9 Å². The highest BCUT2D eigenvalue weighted by Crippen LogP contribution is 2.29. The fourth-order valence-electron chi connectivity index (χ4n) is 3.67. The Morgan fingerprint density at radius 1 is 1.11 bits per heavy atom. The molecular weight excluding hydrogens is 218 g/mol. The summed E-state index contributed by atoms with van der Waals surface area (Å²) in [5.41, 5.74) is 4.66. The number of aryl methyl sites for hydroxylation is 2. The lowest BCUT2D eigenvalue weighted by atomic mass is 9.99. The van der Waals surface area contributed by atoms with Gasteiger partial charge in [-0.25, -0.2) is 0 Å². The van der Waals surface area contributed by atoms with Gasteiger partial charge in [-0.1, -0.05) is 31.5 Å². The lowest BCUT2D eigenvalue weighted by Gasteiger charge is -2.23. The number of rotatable bonds is 3. The summed E-state index contributed by atoms with van der Waals surface area (Å²) in [4.78, 5) is 0. The minimum absolute atomic E-state index is 0.501. The van der Waals surface area contributed by atoms with Crippen molar-refractivity contribution in [1.29, 1.82) is 0 Å². The maximum Gasteiger partial charge on any atom is 0.0294 e. The topological polar surface area (TPSA) is 12.0 Å². The molecule has 3 atom stereocenters. The van der Waals surface area contributed by atoms with Gasteiger partial charge in [0.1, 0.15) is 0 Å². The van der Waals surface area contributed by atoms with E-state index in [1.54, 1.807) is 11.1 Å². The van der Waals surface area contributed by atoms with Crippen molar-refractivity contribution in [3.63, 3.8) is 0 Å². The smallest absolute Gasteiger partial charge is 0.0294 e. The number of benzene rings is 1. The van der Waals surface area contributed by atoms with Crippen LogP contribution in [0.2, 0.25) is 0 Å². The molecule has 2 aliphatic carbocycles. The highest BCUT2D eigenvalue weighted by atomic mass is 15.0. The van der Waals surface area contributed by atoms with E-state index in [1.807, 2.05) is 0 Å². The molecule has 1 fully saturated rings. The third kappa shape index (κ3) is 2.33. The molecule has 0 heterocycles. The van der Waals surface area contributed by atoms with Crippen LogP contribution < -0.4 is 5.32 Å². The number of hydrogen-bond acceptors (Lipinski definition) is 1. The van der Waals surface area contributed by atoms with Crippen molar-refractivity contribution in [1.82, 2.24) is 5.32 Å². The first-order chi connectivity index (χ1) is 8.74. The summed E-state index contributed by atoms with van der Waals surface area (Å²) in [5.74, 6) is 0.849. The molecule has 0 amide bonds. The normalized spacial score (nSPS) is 28.3. The molecule has 1 aromatic rings. The standard InChI is InChI=1S/C17H25N/c1-12-5-3-8-17(12)18-13(2)15-10-9-14-6-4-7-16(14)11-15/h9-13,17-18H,3-8H2,1-2H3. The van der Waals surface area contributed by atoms with E-state index >= 15 is 0 Å². The minimum atomic E-state index is 0.501. The van der Waals surface area contributed by atoms with Gasteiger partial charge in [-0.15, -0.1) is 0 Å². The zero-order valence-electron chi connectivity index (χ0n) is 11.7. The predicted molar refractivity (Wildman–Crippen MR) is 76.8 cm³/mol. The van der Waals surface area contributed by atoms with Crippen molar-refractivity contribution in [2.24, 2.45) is 5.92 Å². The molecule has 0 aliphatic heterocycles. The first-order valence-corrected chi connectivity index (χ1v) is 7.62. The van der Waals surface area contributed by atoms with Crippen LogP contribution in [0.1, 0.15) is 62.3 Å². The molecule has 0 saturated heterocycles. The van der Waals surface area contributed by atoms with Crippen LogP contribution in [-0.4, -0.2) is 6.04 Å². The molecule has 1 N–H and O–H groups in total. The Morgan fingerprint density at radius 2 is 1.94 bits per heavy atom. The van der Waals surface area contributed by atoms with Gasteiger partial charge in [0.05, 0.1) is 0 Å². The van der Waals surface area contributed by atoms with E-state index in [-0.39, 0.29) is 0 Å². The van der Waals surface area contributed by atoms with Gasteiger partial charge in [0.15, 0.2) is 0 Å². The van der Waals surface area contributed by atoms with Crippen molar-refractivity contribution >= 4 is 0 Å². The number of fused-ring (bicyclic) bond motifs is 1. The van der Waals surface area contributed by atoms with Gasteiger partial charge in [0.2, 0.25) is 0 Å². The fraction of sp³-hybridized carbons (Fsp3) is 0.647. The second-order valence-corrected chi connectivity index (χ2v) is 6.28.